The van der Waals surface area contributed by atoms with Crippen LogP contribution in [0, 0.1) is 0 Å². The molecule has 2 rings (SSSR count). The Labute approximate surface area is 88.6 Å². The lowest BCUT2D eigenvalue weighted by Crippen LogP contribution is -2.11. The van der Waals surface area contributed by atoms with Crippen molar-refractivity contribution in [3.8, 4) is 5.75 Å². The van der Waals surface area contributed by atoms with Gasteiger partial charge in [0, 0.05) is 17.6 Å². The number of benzene rings is 1. The molecule has 0 saturated carbocycles. The Hall–Kier alpha value is -1.23. The Morgan fingerprint density at radius 2 is 2.21 bits per heavy atom. The maximum Gasteiger partial charge on any atom is 0.326 e. The summed E-state index contributed by atoms with van der Waals surface area (Å²) in [5.41, 5.74) is 1.48. The first-order valence-corrected chi connectivity index (χ1v) is 4.85. The van der Waals surface area contributed by atoms with Gasteiger partial charge in [-0.05, 0) is 22.0 Å². The van der Waals surface area contributed by atoms with Gasteiger partial charge in [-0.1, -0.05) is 0 Å². The van der Waals surface area contributed by atoms with E-state index in [0.29, 0.717) is 5.75 Å². The normalized spacial score (nSPS) is 10.8. The van der Waals surface area contributed by atoms with Crippen LogP contribution < -0.4 is 10.4 Å². The second-order valence-electron chi connectivity index (χ2n) is 2.99. The number of halogens is 1. The molecule has 0 atom stereocenters. The smallest absolute Gasteiger partial charge is 0.326 e. The molecule has 0 spiro atoms. The summed E-state index contributed by atoms with van der Waals surface area (Å²) in [5, 5.41) is 0. The van der Waals surface area contributed by atoms with Gasteiger partial charge in [0.2, 0.25) is 0 Å². The van der Waals surface area contributed by atoms with Crippen LogP contribution in [-0.4, -0.2) is 16.7 Å². The molecule has 0 amide bonds. The summed E-state index contributed by atoms with van der Waals surface area (Å²) >= 11 is 3.39. The zero-order valence-electron chi connectivity index (χ0n) is 7.80. The van der Waals surface area contributed by atoms with Crippen LogP contribution >= 0.6 is 15.9 Å². The van der Waals surface area contributed by atoms with Crippen molar-refractivity contribution < 1.29 is 4.74 Å². The fourth-order valence-electron chi connectivity index (χ4n) is 1.43. The molecule has 0 bridgehead atoms. The van der Waals surface area contributed by atoms with Crippen molar-refractivity contribution in [3.63, 3.8) is 0 Å². The van der Waals surface area contributed by atoms with Crippen molar-refractivity contribution in [2.75, 3.05) is 7.11 Å². The third-order valence-electron chi connectivity index (χ3n) is 2.15. The lowest BCUT2D eigenvalue weighted by molar-refractivity contribution is 0.415. The average Bonchev–Trinajstić information content (AvgIpc) is 2.43. The molecule has 74 valence electrons. The van der Waals surface area contributed by atoms with Gasteiger partial charge < -0.3 is 9.72 Å². The molecule has 0 unspecified atom stereocenters. The number of nitrogens with one attached hydrogen (secondary N) is 1. The summed E-state index contributed by atoms with van der Waals surface area (Å²) in [7, 11) is 3.31. The topological polar surface area (TPSA) is 47.0 Å². The predicted molar refractivity (Wildman–Crippen MR) is 57.8 cm³/mol. The van der Waals surface area contributed by atoms with E-state index in [2.05, 4.69) is 20.9 Å². The summed E-state index contributed by atoms with van der Waals surface area (Å²) in [6, 6.07) is 3.62. The lowest BCUT2D eigenvalue weighted by Gasteiger charge is -2.02. The minimum Gasteiger partial charge on any atom is -0.497 e. The minimum absolute atomic E-state index is 0.131. The van der Waals surface area contributed by atoms with Crippen LogP contribution in [0.15, 0.2) is 21.4 Å². The number of rotatable bonds is 1. The number of ether oxygens (including phenoxy) is 1. The molecule has 1 aromatic heterocycles. The minimum atomic E-state index is -0.131. The number of nitrogens with zero attached hydrogens (tertiary/aromatic N) is 1. The van der Waals surface area contributed by atoms with Crippen LogP contribution in [0.5, 0.6) is 5.75 Å². The average molecular weight is 257 g/mol. The Morgan fingerprint density at radius 1 is 1.50 bits per heavy atom. The molecule has 1 heterocycles. The SMILES string of the molecule is COc1cc(Br)c2c(c1)[nH]c(=O)n2C. The van der Waals surface area contributed by atoms with E-state index in [1.165, 1.54) is 0 Å². The van der Waals surface area contributed by atoms with Gasteiger partial charge in [0.15, 0.2) is 0 Å². The predicted octanol–water partition coefficient (Wildman–Crippen LogP) is 1.64. The van der Waals surface area contributed by atoms with E-state index in [0.717, 1.165) is 15.5 Å². The van der Waals surface area contributed by atoms with Crippen LogP contribution in [0.3, 0.4) is 0 Å². The molecule has 0 aliphatic carbocycles. The third kappa shape index (κ3) is 1.24. The van der Waals surface area contributed by atoms with Gasteiger partial charge in [-0.15, -0.1) is 0 Å². The fourth-order valence-corrected chi connectivity index (χ4v) is 2.13. The van der Waals surface area contributed by atoms with Crippen molar-refractivity contribution in [3.05, 3.63) is 27.1 Å². The van der Waals surface area contributed by atoms with E-state index in [1.54, 1.807) is 24.8 Å². The van der Waals surface area contributed by atoms with Crippen LogP contribution in [0.4, 0.5) is 0 Å². The zero-order valence-corrected chi connectivity index (χ0v) is 9.38. The Morgan fingerprint density at radius 3 is 2.86 bits per heavy atom. The number of aryl methyl sites for hydroxylation is 1. The van der Waals surface area contributed by atoms with Gasteiger partial charge in [-0.25, -0.2) is 4.79 Å². The largest absolute Gasteiger partial charge is 0.497 e. The van der Waals surface area contributed by atoms with Crippen molar-refractivity contribution in [1.29, 1.82) is 0 Å². The van der Waals surface area contributed by atoms with E-state index in [4.69, 9.17) is 4.74 Å². The third-order valence-corrected chi connectivity index (χ3v) is 2.76. The van der Waals surface area contributed by atoms with Gasteiger partial charge in [0.05, 0.1) is 18.1 Å². The van der Waals surface area contributed by atoms with E-state index in [1.807, 2.05) is 6.07 Å². The number of imidazole rings is 1. The molecule has 2 aromatic rings. The Kier molecular flexibility index (Phi) is 2.11. The van der Waals surface area contributed by atoms with Crippen molar-refractivity contribution >= 4 is 27.0 Å². The molecule has 1 N–H and O–H groups in total. The molecule has 14 heavy (non-hydrogen) atoms. The number of fused-ring (bicyclic) bond motifs is 1. The Balaban J connectivity index is 2.90. The van der Waals surface area contributed by atoms with Crippen LogP contribution in [0.25, 0.3) is 11.0 Å². The fraction of sp³-hybridized carbons (Fsp3) is 0.222. The second-order valence-corrected chi connectivity index (χ2v) is 3.85. The number of aromatic nitrogens is 2. The first kappa shape index (κ1) is 9.33. The molecule has 0 radical (unpaired) electrons. The highest BCUT2D eigenvalue weighted by molar-refractivity contribution is 9.10. The molecule has 4 nitrogen and oxygen atoms in total. The number of methoxy groups -OCH3 is 1. The van der Waals surface area contributed by atoms with Crippen LogP contribution in [-0.2, 0) is 7.05 Å². The van der Waals surface area contributed by atoms with E-state index in [-0.39, 0.29) is 5.69 Å². The summed E-state index contributed by atoms with van der Waals surface area (Å²) in [5.74, 6) is 0.714. The van der Waals surface area contributed by atoms with Crippen LogP contribution in [0.2, 0.25) is 0 Å². The highest BCUT2D eigenvalue weighted by Crippen LogP contribution is 2.26. The van der Waals surface area contributed by atoms with Gasteiger partial charge >= 0.3 is 5.69 Å². The van der Waals surface area contributed by atoms with Crippen molar-refractivity contribution in [1.82, 2.24) is 9.55 Å². The van der Waals surface area contributed by atoms with Crippen molar-refractivity contribution in [2.24, 2.45) is 7.05 Å². The van der Waals surface area contributed by atoms with Gasteiger partial charge in [0.1, 0.15) is 5.75 Å². The molecule has 0 aliphatic rings. The molecule has 0 aliphatic heterocycles. The highest BCUT2D eigenvalue weighted by atomic mass is 79.9. The van der Waals surface area contributed by atoms with Gasteiger partial charge in [-0.2, -0.15) is 0 Å². The number of hydrogen-bond acceptors (Lipinski definition) is 2. The first-order valence-electron chi connectivity index (χ1n) is 4.05. The molecular formula is C9H9BrN2O2. The zero-order chi connectivity index (χ0) is 10.3. The molecular weight excluding hydrogens is 248 g/mol. The summed E-state index contributed by atoms with van der Waals surface area (Å²) < 4.78 is 7.49. The molecule has 0 saturated heterocycles. The monoisotopic (exact) mass is 256 g/mol. The second kappa shape index (κ2) is 3.16. The standard InChI is InChI=1S/C9H9BrN2O2/c1-12-8-6(10)3-5(14-2)4-7(8)11-9(12)13/h3-4H,1-2H3,(H,11,13). The molecule has 1 aromatic carbocycles. The lowest BCUT2D eigenvalue weighted by atomic mass is 10.3. The highest BCUT2D eigenvalue weighted by Gasteiger charge is 2.08. The molecule has 0 fully saturated rings. The summed E-state index contributed by atoms with van der Waals surface area (Å²) in [4.78, 5) is 14.1. The quantitative estimate of drug-likeness (QED) is 0.844. The first-order chi connectivity index (χ1) is 6.63. The number of aromatic amines is 1. The van der Waals surface area contributed by atoms with Gasteiger partial charge in [-0.3, -0.25) is 4.57 Å². The van der Waals surface area contributed by atoms with Crippen LogP contribution in [0.1, 0.15) is 0 Å². The van der Waals surface area contributed by atoms with Gasteiger partial charge in [0.25, 0.3) is 0 Å². The van der Waals surface area contributed by atoms with E-state index in [9.17, 15) is 4.79 Å². The maximum absolute atomic E-state index is 11.3. The molecule has 5 heteroatoms. The number of H-pyrrole nitrogens is 1. The Bertz CT molecular complexity index is 541. The maximum atomic E-state index is 11.3. The number of hydrogen-bond donors (Lipinski definition) is 1. The summed E-state index contributed by atoms with van der Waals surface area (Å²) in [6.07, 6.45) is 0. The summed E-state index contributed by atoms with van der Waals surface area (Å²) in [6.45, 7) is 0. The van der Waals surface area contributed by atoms with Crippen molar-refractivity contribution in [2.45, 2.75) is 0 Å². The van der Waals surface area contributed by atoms with E-state index < -0.39 is 0 Å². The van der Waals surface area contributed by atoms with E-state index >= 15 is 0 Å².